The highest BCUT2D eigenvalue weighted by Gasteiger charge is 2.33. The molecule has 1 fully saturated rings. The van der Waals surface area contributed by atoms with Gasteiger partial charge in [0, 0.05) is 44.5 Å². The molecule has 11 heteroatoms. The molecule has 3 rings (SSSR count). The minimum atomic E-state index is -4.12. The molecule has 1 aromatic carbocycles. The Bertz CT molecular complexity index is 1140. The van der Waals surface area contributed by atoms with Crippen LogP contribution in [0.2, 0.25) is 0 Å². The monoisotopic (exact) mass is 517 g/mol. The summed E-state index contributed by atoms with van der Waals surface area (Å²) >= 11 is 0. The predicted molar refractivity (Wildman–Crippen MR) is 138 cm³/mol. The van der Waals surface area contributed by atoms with E-state index in [1.54, 1.807) is 18.3 Å². The van der Waals surface area contributed by atoms with E-state index in [0.717, 1.165) is 16.3 Å². The number of nitrogens with zero attached hydrogens (tertiary/aromatic N) is 4. The maximum atomic E-state index is 13.1. The molecular formula is C25H35N5O5S. The molecule has 36 heavy (non-hydrogen) atoms. The lowest BCUT2D eigenvalue weighted by Gasteiger charge is -2.37. The Morgan fingerprint density at radius 1 is 1.06 bits per heavy atom. The van der Waals surface area contributed by atoms with Crippen molar-refractivity contribution in [3.63, 3.8) is 0 Å². The van der Waals surface area contributed by atoms with Crippen LogP contribution in [0.25, 0.3) is 0 Å². The van der Waals surface area contributed by atoms with Crippen LogP contribution >= 0.6 is 0 Å². The van der Waals surface area contributed by atoms with Gasteiger partial charge in [0.2, 0.25) is 0 Å². The summed E-state index contributed by atoms with van der Waals surface area (Å²) in [6, 6.07) is 12.5. The molecule has 2 aromatic rings. The van der Waals surface area contributed by atoms with E-state index in [0.29, 0.717) is 12.4 Å². The standard InChI is InChI=1S/C25H35N5O5S/c1-5-14-30(25(2,3)4)22-21(12-9-13-26-22)23(31)27-36(33,34)29-17-15-28(16-18-29)24(32)35-19-20-10-7-6-8-11-20/h6-13H,5,14-19H2,1-4H3,(H,27,31). The van der Waals surface area contributed by atoms with Crippen molar-refractivity contribution in [2.45, 2.75) is 46.3 Å². The van der Waals surface area contributed by atoms with Gasteiger partial charge in [-0.1, -0.05) is 37.3 Å². The van der Waals surface area contributed by atoms with Gasteiger partial charge < -0.3 is 14.5 Å². The molecule has 0 bridgehead atoms. The van der Waals surface area contributed by atoms with Gasteiger partial charge >= 0.3 is 16.3 Å². The van der Waals surface area contributed by atoms with Gasteiger partial charge in [-0.15, -0.1) is 0 Å². The lowest BCUT2D eigenvalue weighted by molar-refractivity contribution is 0.0831. The Morgan fingerprint density at radius 2 is 1.72 bits per heavy atom. The minimum absolute atomic E-state index is 0.0485. The number of piperazine rings is 1. The molecule has 1 aliphatic heterocycles. The van der Waals surface area contributed by atoms with E-state index in [2.05, 4.69) is 9.71 Å². The van der Waals surface area contributed by atoms with Crippen molar-refractivity contribution in [2.24, 2.45) is 0 Å². The zero-order chi connectivity index (χ0) is 26.3. The van der Waals surface area contributed by atoms with Crippen molar-refractivity contribution in [3.05, 3.63) is 59.8 Å². The molecule has 0 atom stereocenters. The fraction of sp³-hybridized carbons (Fsp3) is 0.480. The topological polar surface area (TPSA) is 112 Å². The van der Waals surface area contributed by atoms with Crippen molar-refractivity contribution >= 4 is 28.0 Å². The van der Waals surface area contributed by atoms with Crippen molar-refractivity contribution in [1.29, 1.82) is 0 Å². The smallest absolute Gasteiger partial charge is 0.410 e. The van der Waals surface area contributed by atoms with Crippen molar-refractivity contribution in [1.82, 2.24) is 18.9 Å². The lowest BCUT2D eigenvalue weighted by atomic mass is 10.0. The molecule has 0 aliphatic carbocycles. The SMILES string of the molecule is CCCN(c1ncccc1C(=O)NS(=O)(=O)N1CCN(C(=O)OCc2ccccc2)CC1)C(C)(C)C. The average Bonchev–Trinajstić information content (AvgIpc) is 2.85. The number of nitrogens with one attached hydrogen (secondary N) is 1. The Kier molecular flexibility index (Phi) is 8.91. The van der Waals surface area contributed by atoms with Crippen LogP contribution in [0.1, 0.15) is 50.0 Å². The first-order valence-electron chi connectivity index (χ1n) is 12.0. The number of aromatic nitrogens is 1. The largest absolute Gasteiger partial charge is 0.445 e. The number of carbonyl (C=O) groups excluding carboxylic acids is 2. The van der Waals surface area contributed by atoms with Gasteiger partial charge in [-0.3, -0.25) is 4.79 Å². The summed E-state index contributed by atoms with van der Waals surface area (Å²) in [4.78, 5) is 33.3. The van der Waals surface area contributed by atoms with E-state index in [1.165, 1.54) is 4.90 Å². The molecule has 1 saturated heterocycles. The van der Waals surface area contributed by atoms with Crippen LogP contribution in [-0.4, -0.2) is 72.9 Å². The molecule has 0 saturated carbocycles. The summed E-state index contributed by atoms with van der Waals surface area (Å²) in [6.07, 6.45) is 1.93. The molecular weight excluding hydrogens is 482 g/mol. The summed E-state index contributed by atoms with van der Waals surface area (Å²) < 4.78 is 34.6. The molecule has 0 radical (unpaired) electrons. The Balaban J connectivity index is 1.62. The second-order valence-corrected chi connectivity index (χ2v) is 11.2. The fourth-order valence-electron chi connectivity index (χ4n) is 3.93. The van der Waals surface area contributed by atoms with E-state index in [1.807, 2.05) is 62.9 Å². The molecule has 196 valence electrons. The van der Waals surface area contributed by atoms with Gasteiger partial charge in [0.1, 0.15) is 12.4 Å². The lowest BCUT2D eigenvalue weighted by Crippen LogP contribution is -2.54. The second kappa shape index (κ2) is 11.7. The van der Waals surface area contributed by atoms with E-state index < -0.39 is 22.2 Å². The molecule has 2 amide bonds. The molecule has 10 nitrogen and oxygen atoms in total. The molecule has 0 unspecified atom stereocenters. The summed E-state index contributed by atoms with van der Waals surface area (Å²) in [5, 5.41) is 0. The number of carbonyl (C=O) groups is 2. The minimum Gasteiger partial charge on any atom is -0.445 e. The highest BCUT2D eigenvalue weighted by atomic mass is 32.2. The van der Waals surface area contributed by atoms with Gasteiger partial charge in [-0.2, -0.15) is 12.7 Å². The Morgan fingerprint density at radius 3 is 2.33 bits per heavy atom. The van der Waals surface area contributed by atoms with Crippen LogP contribution in [-0.2, 0) is 21.6 Å². The van der Waals surface area contributed by atoms with Gasteiger partial charge in [0.15, 0.2) is 0 Å². The Labute approximate surface area is 213 Å². The first-order valence-corrected chi connectivity index (χ1v) is 13.5. The number of rotatable bonds is 8. The number of ether oxygens (including phenoxy) is 1. The number of amides is 2. The molecule has 1 N–H and O–H groups in total. The van der Waals surface area contributed by atoms with Crippen molar-refractivity contribution < 1.29 is 22.7 Å². The highest BCUT2D eigenvalue weighted by molar-refractivity contribution is 7.87. The maximum Gasteiger partial charge on any atom is 0.410 e. The van der Waals surface area contributed by atoms with Gasteiger partial charge in [-0.05, 0) is 44.9 Å². The number of hydrogen-bond donors (Lipinski definition) is 1. The van der Waals surface area contributed by atoms with Crippen LogP contribution in [0, 0.1) is 0 Å². The molecule has 1 aromatic heterocycles. The summed E-state index contributed by atoms with van der Waals surface area (Å²) in [6.45, 7) is 9.30. The number of anilines is 1. The Hall–Kier alpha value is -3.18. The van der Waals surface area contributed by atoms with Crippen LogP contribution in [0.3, 0.4) is 0 Å². The van der Waals surface area contributed by atoms with E-state index in [4.69, 9.17) is 4.74 Å². The quantitative estimate of drug-likeness (QED) is 0.573. The summed E-state index contributed by atoms with van der Waals surface area (Å²) in [7, 11) is -4.12. The zero-order valence-electron chi connectivity index (χ0n) is 21.3. The second-order valence-electron chi connectivity index (χ2n) is 9.56. The van der Waals surface area contributed by atoms with E-state index >= 15 is 0 Å². The first-order chi connectivity index (χ1) is 17.0. The van der Waals surface area contributed by atoms with E-state index in [9.17, 15) is 18.0 Å². The predicted octanol–water partition coefficient (Wildman–Crippen LogP) is 3.03. The number of hydrogen-bond acceptors (Lipinski definition) is 7. The first kappa shape index (κ1) is 27.4. The zero-order valence-corrected chi connectivity index (χ0v) is 22.1. The number of pyridine rings is 1. The molecule has 2 heterocycles. The molecule has 0 spiro atoms. The fourth-order valence-corrected chi connectivity index (χ4v) is 5.05. The molecule has 1 aliphatic rings. The van der Waals surface area contributed by atoms with Crippen LogP contribution < -0.4 is 9.62 Å². The van der Waals surface area contributed by atoms with Crippen molar-refractivity contribution in [2.75, 3.05) is 37.6 Å². The maximum absolute atomic E-state index is 13.1. The third-order valence-corrected chi connectivity index (χ3v) is 7.30. The van der Waals surface area contributed by atoms with Gasteiger partial charge in [-0.25, -0.2) is 14.5 Å². The number of benzene rings is 1. The highest BCUT2D eigenvalue weighted by Crippen LogP contribution is 2.26. The van der Waals surface area contributed by atoms with E-state index in [-0.39, 0.29) is 43.9 Å². The van der Waals surface area contributed by atoms with Gasteiger partial charge in [0.05, 0.1) is 5.56 Å². The summed E-state index contributed by atoms with van der Waals surface area (Å²) in [5.41, 5.74) is 0.741. The van der Waals surface area contributed by atoms with Crippen LogP contribution in [0.4, 0.5) is 10.6 Å². The van der Waals surface area contributed by atoms with Gasteiger partial charge in [0.25, 0.3) is 5.91 Å². The summed E-state index contributed by atoms with van der Waals surface area (Å²) in [5.74, 6) is -0.307. The van der Waals surface area contributed by atoms with Crippen LogP contribution in [0.15, 0.2) is 48.7 Å². The average molecular weight is 518 g/mol. The third kappa shape index (κ3) is 6.94. The van der Waals surface area contributed by atoms with Crippen LogP contribution in [0.5, 0.6) is 0 Å². The van der Waals surface area contributed by atoms with Crippen molar-refractivity contribution in [3.8, 4) is 0 Å². The third-order valence-electron chi connectivity index (χ3n) is 5.81. The normalized spacial score (nSPS) is 14.8.